The van der Waals surface area contributed by atoms with Crippen molar-refractivity contribution in [3.05, 3.63) is 59.5 Å². The van der Waals surface area contributed by atoms with Crippen LogP contribution in [0.15, 0.2) is 52.1 Å². The van der Waals surface area contributed by atoms with E-state index in [0.29, 0.717) is 13.2 Å². The predicted molar refractivity (Wildman–Crippen MR) is 108 cm³/mol. The Balaban J connectivity index is 0.00000288. The van der Waals surface area contributed by atoms with Crippen LogP contribution in [0.5, 0.6) is 0 Å². The summed E-state index contributed by atoms with van der Waals surface area (Å²) in [6.07, 6.45) is 2.53. The molecule has 0 atom stereocenters. The molecule has 24 heavy (non-hydrogen) atoms. The summed E-state index contributed by atoms with van der Waals surface area (Å²) in [6, 6.07) is 12.1. The van der Waals surface area contributed by atoms with E-state index >= 15 is 0 Å². The number of nitrogens with zero attached hydrogens (tertiary/aromatic N) is 1. The van der Waals surface area contributed by atoms with E-state index in [-0.39, 0.29) is 24.0 Å². The number of furan rings is 1. The minimum Gasteiger partial charge on any atom is -0.469 e. The van der Waals surface area contributed by atoms with Crippen LogP contribution in [-0.2, 0) is 24.3 Å². The molecule has 1 aromatic carbocycles. The van der Waals surface area contributed by atoms with Gasteiger partial charge in [0.05, 0.1) is 19.4 Å². The van der Waals surface area contributed by atoms with E-state index in [0.717, 1.165) is 31.2 Å². The first-order valence-corrected chi connectivity index (χ1v) is 7.93. The molecule has 0 fully saturated rings. The number of guanidine groups is 1. The van der Waals surface area contributed by atoms with Crippen molar-refractivity contribution < 1.29 is 9.15 Å². The van der Waals surface area contributed by atoms with Crippen LogP contribution in [0.3, 0.4) is 0 Å². The first-order valence-electron chi connectivity index (χ1n) is 7.93. The van der Waals surface area contributed by atoms with Gasteiger partial charge in [0, 0.05) is 26.6 Å². The van der Waals surface area contributed by atoms with Gasteiger partial charge in [-0.25, -0.2) is 4.99 Å². The van der Waals surface area contributed by atoms with Gasteiger partial charge in [0.25, 0.3) is 0 Å². The third kappa shape index (κ3) is 6.92. The molecule has 0 spiro atoms. The lowest BCUT2D eigenvalue weighted by Gasteiger charge is -2.12. The molecule has 1 heterocycles. The van der Waals surface area contributed by atoms with E-state index in [4.69, 9.17) is 9.15 Å². The van der Waals surface area contributed by atoms with Gasteiger partial charge in [0.1, 0.15) is 5.76 Å². The Labute approximate surface area is 160 Å². The van der Waals surface area contributed by atoms with Gasteiger partial charge in [-0.1, -0.05) is 24.3 Å². The lowest BCUT2D eigenvalue weighted by molar-refractivity contribution is 0.184. The topological polar surface area (TPSA) is 58.8 Å². The van der Waals surface area contributed by atoms with Crippen LogP contribution in [0.25, 0.3) is 0 Å². The lowest BCUT2D eigenvalue weighted by atomic mass is 10.1. The molecule has 0 radical (unpaired) electrons. The monoisotopic (exact) mass is 443 g/mol. The number of aliphatic imine (C=N–C) groups is 1. The molecule has 0 aliphatic carbocycles. The number of benzene rings is 1. The first kappa shape index (κ1) is 20.5. The zero-order valence-electron chi connectivity index (χ0n) is 14.2. The van der Waals surface area contributed by atoms with E-state index < -0.39 is 0 Å². The van der Waals surface area contributed by atoms with Gasteiger partial charge in [-0.2, -0.15) is 0 Å². The number of methoxy groups -OCH3 is 1. The van der Waals surface area contributed by atoms with Crippen LogP contribution in [-0.4, -0.2) is 26.2 Å². The van der Waals surface area contributed by atoms with Gasteiger partial charge in [-0.05, 0) is 30.2 Å². The molecule has 0 unspecified atom stereocenters. The highest BCUT2D eigenvalue weighted by Crippen LogP contribution is 2.11. The fourth-order valence-electron chi connectivity index (χ4n) is 2.27. The minimum absolute atomic E-state index is 0. The molecule has 0 saturated carbocycles. The maximum absolute atomic E-state index is 5.33. The Morgan fingerprint density at radius 3 is 2.58 bits per heavy atom. The van der Waals surface area contributed by atoms with E-state index in [2.05, 4.69) is 34.7 Å². The van der Waals surface area contributed by atoms with E-state index in [1.54, 1.807) is 13.4 Å². The molecule has 6 heteroatoms. The Morgan fingerprint density at radius 2 is 1.92 bits per heavy atom. The summed E-state index contributed by atoms with van der Waals surface area (Å²) in [5.74, 6) is 1.78. The Kier molecular flexibility index (Phi) is 10.2. The van der Waals surface area contributed by atoms with E-state index in [1.807, 2.05) is 24.3 Å². The number of rotatable bonds is 8. The van der Waals surface area contributed by atoms with Gasteiger partial charge in [-0.3, -0.25) is 0 Å². The standard InChI is InChI=1S/C18H25N3O2.HI/c1-3-19-18(20-11-10-17-9-6-12-23-17)21-13-15-7-4-5-8-16(15)14-22-2;/h4-9,12H,3,10-11,13-14H2,1-2H3,(H2,19,20,21);1H. The molecule has 2 aromatic rings. The van der Waals surface area contributed by atoms with Crippen molar-refractivity contribution in [3.8, 4) is 0 Å². The molecule has 0 aliphatic rings. The van der Waals surface area contributed by atoms with Crippen LogP contribution in [0.1, 0.15) is 23.8 Å². The molecule has 0 amide bonds. The maximum Gasteiger partial charge on any atom is 0.191 e. The van der Waals surface area contributed by atoms with Gasteiger partial charge in [0.2, 0.25) is 0 Å². The van der Waals surface area contributed by atoms with Gasteiger partial charge < -0.3 is 19.8 Å². The molecule has 2 N–H and O–H groups in total. The smallest absolute Gasteiger partial charge is 0.191 e. The molecule has 1 aromatic heterocycles. The molecule has 132 valence electrons. The summed E-state index contributed by atoms with van der Waals surface area (Å²) < 4.78 is 10.6. The predicted octanol–water partition coefficient (Wildman–Crippen LogP) is 3.34. The van der Waals surface area contributed by atoms with Crippen molar-refractivity contribution in [1.82, 2.24) is 10.6 Å². The number of ether oxygens (including phenoxy) is 1. The summed E-state index contributed by atoms with van der Waals surface area (Å²) in [4.78, 5) is 4.65. The molecule has 0 bridgehead atoms. The van der Waals surface area contributed by atoms with Crippen LogP contribution in [0.2, 0.25) is 0 Å². The van der Waals surface area contributed by atoms with Crippen molar-refractivity contribution in [1.29, 1.82) is 0 Å². The number of nitrogens with one attached hydrogen (secondary N) is 2. The van der Waals surface area contributed by atoms with Crippen LogP contribution >= 0.6 is 24.0 Å². The third-order valence-electron chi connectivity index (χ3n) is 3.41. The molecular weight excluding hydrogens is 417 g/mol. The SMILES string of the molecule is CCNC(=NCc1ccccc1COC)NCCc1ccco1.I. The molecular formula is C18H26IN3O2. The largest absolute Gasteiger partial charge is 0.469 e. The van der Waals surface area contributed by atoms with Crippen molar-refractivity contribution in [3.63, 3.8) is 0 Å². The van der Waals surface area contributed by atoms with Crippen LogP contribution in [0.4, 0.5) is 0 Å². The Hall–Kier alpha value is -1.54. The Bertz CT molecular complexity index is 600. The molecule has 0 aliphatic heterocycles. The van der Waals surface area contributed by atoms with Crippen LogP contribution in [0, 0.1) is 0 Å². The Morgan fingerprint density at radius 1 is 1.12 bits per heavy atom. The number of hydrogen-bond acceptors (Lipinski definition) is 3. The van der Waals surface area contributed by atoms with Gasteiger partial charge in [-0.15, -0.1) is 24.0 Å². The van der Waals surface area contributed by atoms with Crippen molar-refractivity contribution in [2.24, 2.45) is 4.99 Å². The number of hydrogen-bond donors (Lipinski definition) is 2. The van der Waals surface area contributed by atoms with Gasteiger partial charge >= 0.3 is 0 Å². The second kappa shape index (κ2) is 11.9. The highest BCUT2D eigenvalue weighted by atomic mass is 127. The summed E-state index contributed by atoms with van der Waals surface area (Å²) in [5.41, 5.74) is 2.35. The zero-order valence-corrected chi connectivity index (χ0v) is 16.6. The van der Waals surface area contributed by atoms with Crippen molar-refractivity contribution in [2.45, 2.75) is 26.5 Å². The normalized spacial score (nSPS) is 11.0. The fourth-order valence-corrected chi connectivity index (χ4v) is 2.27. The van der Waals surface area contributed by atoms with E-state index in [9.17, 15) is 0 Å². The maximum atomic E-state index is 5.33. The zero-order chi connectivity index (χ0) is 16.3. The average Bonchev–Trinajstić information content (AvgIpc) is 3.07. The number of halogens is 1. The summed E-state index contributed by atoms with van der Waals surface area (Å²) >= 11 is 0. The lowest BCUT2D eigenvalue weighted by Crippen LogP contribution is -2.38. The summed E-state index contributed by atoms with van der Waals surface area (Å²) in [6.45, 7) is 4.89. The minimum atomic E-state index is 0. The molecule has 0 saturated heterocycles. The van der Waals surface area contributed by atoms with Gasteiger partial charge in [0.15, 0.2) is 5.96 Å². The van der Waals surface area contributed by atoms with Crippen molar-refractivity contribution >= 4 is 29.9 Å². The average molecular weight is 443 g/mol. The molecule has 2 rings (SSSR count). The first-order chi connectivity index (χ1) is 11.3. The fraction of sp³-hybridized carbons (Fsp3) is 0.389. The second-order valence-electron chi connectivity index (χ2n) is 5.15. The van der Waals surface area contributed by atoms with Crippen molar-refractivity contribution in [2.75, 3.05) is 20.2 Å². The highest BCUT2D eigenvalue weighted by Gasteiger charge is 2.03. The van der Waals surface area contributed by atoms with Crippen LogP contribution < -0.4 is 10.6 Å². The summed E-state index contributed by atoms with van der Waals surface area (Å²) in [5, 5.41) is 6.59. The van der Waals surface area contributed by atoms with E-state index in [1.165, 1.54) is 11.1 Å². The second-order valence-corrected chi connectivity index (χ2v) is 5.15. The third-order valence-corrected chi connectivity index (χ3v) is 3.41. The summed E-state index contributed by atoms with van der Waals surface area (Å²) in [7, 11) is 1.71. The highest BCUT2D eigenvalue weighted by molar-refractivity contribution is 14.0. The molecule has 5 nitrogen and oxygen atoms in total. The quantitative estimate of drug-likeness (QED) is 0.373.